The number of ether oxygens (including phenoxy) is 1. The van der Waals surface area contributed by atoms with Crippen LogP contribution in [0.2, 0.25) is 0 Å². The molecule has 0 aromatic heterocycles. The molecular formula is C18H21F3N2O2. The lowest BCUT2D eigenvalue weighted by atomic mass is 10.1. The van der Waals surface area contributed by atoms with Crippen molar-refractivity contribution in [2.45, 2.75) is 49.4 Å². The second-order valence-corrected chi connectivity index (χ2v) is 7.45. The van der Waals surface area contributed by atoms with Crippen molar-refractivity contribution in [1.82, 2.24) is 10.2 Å². The van der Waals surface area contributed by atoms with Crippen molar-refractivity contribution in [2.75, 3.05) is 19.6 Å². The van der Waals surface area contributed by atoms with Gasteiger partial charge in [-0.15, -0.1) is 0 Å². The molecule has 1 N–H and O–H groups in total. The van der Waals surface area contributed by atoms with Crippen LogP contribution in [0.5, 0.6) is 5.75 Å². The monoisotopic (exact) mass is 354 g/mol. The minimum Gasteiger partial charge on any atom is -0.477 e. The Morgan fingerprint density at radius 3 is 2.36 bits per heavy atom. The molecule has 1 saturated heterocycles. The first-order valence-electron chi connectivity index (χ1n) is 8.72. The van der Waals surface area contributed by atoms with E-state index in [1.165, 1.54) is 24.6 Å². The Labute approximate surface area is 144 Å². The zero-order chi connectivity index (χ0) is 17.7. The van der Waals surface area contributed by atoms with Gasteiger partial charge in [0.1, 0.15) is 5.75 Å². The van der Waals surface area contributed by atoms with Crippen molar-refractivity contribution in [3.8, 4) is 5.75 Å². The SMILES string of the molecule is O=C(NC1(CN2CCC2)CC1)C1(Oc2ccccc2C(F)(F)F)CC1. The molecular weight excluding hydrogens is 333 g/mol. The van der Waals surface area contributed by atoms with Gasteiger partial charge in [0.15, 0.2) is 5.60 Å². The van der Waals surface area contributed by atoms with Crippen LogP contribution < -0.4 is 10.1 Å². The molecule has 2 saturated carbocycles. The van der Waals surface area contributed by atoms with Gasteiger partial charge in [-0.2, -0.15) is 13.2 Å². The molecule has 1 amide bonds. The van der Waals surface area contributed by atoms with Gasteiger partial charge in [-0.25, -0.2) is 0 Å². The Kier molecular flexibility index (Phi) is 3.76. The minimum absolute atomic E-state index is 0.208. The van der Waals surface area contributed by atoms with Crippen molar-refractivity contribution in [2.24, 2.45) is 0 Å². The average molecular weight is 354 g/mol. The lowest BCUT2D eigenvalue weighted by Crippen LogP contribution is -2.53. The number of hydrogen-bond acceptors (Lipinski definition) is 3. The van der Waals surface area contributed by atoms with E-state index in [9.17, 15) is 18.0 Å². The molecule has 7 heteroatoms. The Hall–Kier alpha value is -1.76. The maximum Gasteiger partial charge on any atom is 0.419 e. The summed E-state index contributed by atoms with van der Waals surface area (Å²) in [7, 11) is 0. The third kappa shape index (κ3) is 3.34. The van der Waals surface area contributed by atoms with Crippen LogP contribution in [0.25, 0.3) is 0 Å². The van der Waals surface area contributed by atoms with Crippen molar-refractivity contribution >= 4 is 5.91 Å². The maximum atomic E-state index is 13.1. The molecule has 1 heterocycles. The summed E-state index contributed by atoms with van der Waals surface area (Å²) in [5.41, 5.74) is -2.19. The summed E-state index contributed by atoms with van der Waals surface area (Å²) in [6.45, 7) is 2.93. The molecule has 4 rings (SSSR count). The largest absolute Gasteiger partial charge is 0.477 e. The predicted octanol–water partition coefficient (Wildman–Crippen LogP) is 2.97. The predicted molar refractivity (Wildman–Crippen MR) is 85.2 cm³/mol. The smallest absolute Gasteiger partial charge is 0.419 e. The fourth-order valence-electron chi connectivity index (χ4n) is 3.29. The van der Waals surface area contributed by atoms with E-state index in [0.29, 0.717) is 12.8 Å². The Bertz CT molecular complexity index is 677. The van der Waals surface area contributed by atoms with E-state index in [2.05, 4.69) is 10.2 Å². The van der Waals surface area contributed by atoms with Crippen LogP contribution in [-0.2, 0) is 11.0 Å². The van der Waals surface area contributed by atoms with E-state index in [1.54, 1.807) is 0 Å². The number of carbonyl (C=O) groups is 1. The highest BCUT2D eigenvalue weighted by Gasteiger charge is 2.57. The standard InChI is InChI=1S/C18H21F3N2O2/c19-18(20,21)13-4-1-2-5-14(13)25-17(8-9-17)15(24)22-16(6-7-16)12-23-10-3-11-23/h1-2,4-5H,3,6-12H2,(H,22,24). The summed E-state index contributed by atoms with van der Waals surface area (Å²) in [6, 6.07) is 5.07. The first kappa shape index (κ1) is 16.7. The van der Waals surface area contributed by atoms with E-state index in [4.69, 9.17) is 4.74 Å². The number of benzene rings is 1. The maximum absolute atomic E-state index is 13.1. The van der Waals surface area contributed by atoms with Gasteiger partial charge in [-0.3, -0.25) is 4.79 Å². The van der Waals surface area contributed by atoms with E-state index in [1.807, 2.05) is 0 Å². The average Bonchev–Trinajstić information content (AvgIpc) is 3.41. The summed E-state index contributed by atoms with van der Waals surface area (Å²) < 4.78 is 45.0. The van der Waals surface area contributed by atoms with Crippen molar-refractivity contribution in [3.05, 3.63) is 29.8 Å². The van der Waals surface area contributed by atoms with Gasteiger partial charge in [-0.05, 0) is 44.5 Å². The van der Waals surface area contributed by atoms with Gasteiger partial charge in [0.05, 0.1) is 11.1 Å². The summed E-state index contributed by atoms with van der Waals surface area (Å²) in [5.74, 6) is -0.544. The third-order valence-corrected chi connectivity index (χ3v) is 5.32. The summed E-state index contributed by atoms with van der Waals surface area (Å²) in [5, 5.41) is 3.06. The number of rotatable bonds is 6. The molecule has 2 aliphatic carbocycles. The molecule has 0 bridgehead atoms. The Morgan fingerprint density at radius 2 is 1.84 bits per heavy atom. The van der Waals surface area contributed by atoms with Gasteiger partial charge >= 0.3 is 6.18 Å². The number of nitrogens with one attached hydrogen (secondary N) is 1. The van der Waals surface area contributed by atoms with E-state index in [0.717, 1.165) is 38.5 Å². The van der Waals surface area contributed by atoms with E-state index < -0.39 is 17.3 Å². The first-order chi connectivity index (χ1) is 11.8. The molecule has 3 aliphatic rings. The quantitative estimate of drug-likeness (QED) is 0.854. The molecule has 0 unspecified atom stereocenters. The number of carbonyl (C=O) groups excluding carboxylic acids is 1. The number of halogens is 3. The number of likely N-dealkylation sites (tertiary alicyclic amines) is 1. The second kappa shape index (κ2) is 5.62. The number of hydrogen-bond donors (Lipinski definition) is 1. The van der Waals surface area contributed by atoms with Crippen molar-refractivity contribution in [1.29, 1.82) is 0 Å². The molecule has 0 atom stereocenters. The highest BCUT2D eigenvalue weighted by molar-refractivity contribution is 5.89. The Balaban J connectivity index is 1.45. The Morgan fingerprint density at radius 1 is 1.16 bits per heavy atom. The highest BCUT2D eigenvalue weighted by Crippen LogP contribution is 2.46. The lowest BCUT2D eigenvalue weighted by molar-refractivity contribution is -0.141. The number of amides is 1. The van der Waals surface area contributed by atoms with Crippen LogP contribution >= 0.6 is 0 Å². The highest BCUT2D eigenvalue weighted by atomic mass is 19.4. The van der Waals surface area contributed by atoms with Crippen LogP contribution in [0, 0.1) is 0 Å². The molecule has 3 fully saturated rings. The molecule has 1 aliphatic heterocycles. The second-order valence-electron chi connectivity index (χ2n) is 7.45. The molecule has 1 aromatic carbocycles. The van der Waals surface area contributed by atoms with Crippen LogP contribution in [0.3, 0.4) is 0 Å². The van der Waals surface area contributed by atoms with Gasteiger partial charge in [-0.1, -0.05) is 12.1 Å². The van der Waals surface area contributed by atoms with Crippen molar-refractivity contribution < 1.29 is 22.7 Å². The molecule has 1 aromatic rings. The van der Waals surface area contributed by atoms with Gasteiger partial charge in [0.25, 0.3) is 5.91 Å². The fourth-order valence-corrected chi connectivity index (χ4v) is 3.29. The van der Waals surface area contributed by atoms with Crippen molar-refractivity contribution in [3.63, 3.8) is 0 Å². The zero-order valence-corrected chi connectivity index (χ0v) is 13.9. The van der Waals surface area contributed by atoms with Gasteiger partial charge in [0, 0.05) is 19.4 Å². The van der Waals surface area contributed by atoms with Gasteiger partial charge < -0.3 is 15.0 Å². The van der Waals surface area contributed by atoms with Crippen LogP contribution in [0.15, 0.2) is 24.3 Å². The molecule has 25 heavy (non-hydrogen) atoms. The number of alkyl halides is 3. The topological polar surface area (TPSA) is 41.6 Å². The molecule has 4 nitrogen and oxygen atoms in total. The molecule has 136 valence electrons. The van der Waals surface area contributed by atoms with Crippen LogP contribution in [0.4, 0.5) is 13.2 Å². The van der Waals surface area contributed by atoms with E-state index in [-0.39, 0.29) is 17.2 Å². The molecule has 0 radical (unpaired) electrons. The first-order valence-corrected chi connectivity index (χ1v) is 8.72. The van der Waals surface area contributed by atoms with Crippen LogP contribution in [-0.4, -0.2) is 41.6 Å². The fraction of sp³-hybridized carbons (Fsp3) is 0.611. The van der Waals surface area contributed by atoms with E-state index >= 15 is 0 Å². The zero-order valence-electron chi connectivity index (χ0n) is 13.9. The number of nitrogens with zero attached hydrogens (tertiary/aromatic N) is 1. The summed E-state index contributed by atoms with van der Waals surface area (Å²) in [4.78, 5) is 15.0. The lowest BCUT2D eigenvalue weighted by Gasteiger charge is -2.35. The summed E-state index contributed by atoms with van der Waals surface area (Å²) in [6.07, 6.45) is -0.575. The van der Waals surface area contributed by atoms with Crippen LogP contribution in [0.1, 0.15) is 37.7 Å². The third-order valence-electron chi connectivity index (χ3n) is 5.32. The number of para-hydroxylation sites is 1. The molecule has 0 spiro atoms. The summed E-state index contributed by atoms with van der Waals surface area (Å²) >= 11 is 0. The van der Waals surface area contributed by atoms with Gasteiger partial charge in [0.2, 0.25) is 0 Å². The minimum atomic E-state index is -4.50. The normalized spacial score (nSPS) is 23.5.